The predicted octanol–water partition coefficient (Wildman–Crippen LogP) is 3.56. The Kier molecular flexibility index (Phi) is 4.25. The van der Waals surface area contributed by atoms with E-state index in [-0.39, 0.29) is 0 Å². The third kappa shape index (κ3) is 2.98. The molecule has 0 heterocycles. The van der Waals surface area contributed by atoms with Crippen molar-refractivity contribution >= 4 is 32.1 Å². The molecule has 0 atom stereocenters. The molecule has 0 saturated carbocycles. The van der Waals surface area contributed by atoms with E-state index in [1.54, 1.807) is 0 Å². The maximum atomic E-state index is 6.50. The van der Waals surface area contributed by atoms with Crippen LogP contribution in [0, 0.1) is 0 Å². The summed E-state index contributed by atoms with van der Waals surface area (Å²) in [4.78, 5) is 0. The summed E-state index contributed by atoms with van der Waals surface area (Å²) < 4.78 is 0. The van der Waals surface area contributed by atoms with Crippen LogP contribution >= 0.6 is 32.1 Å². The van der Waals surface area contributed by atoms with Gasteiger partial charge in [-0.2, -0.15) is 0 Å². The van der Waals surface area contributed by atoms with Crippen LogP contribution in [0.3, 0.4) is 0 Å². The minimum absolute atomic E-state index is 1.30. The van der Waals surface area contributed by atoms with E-state index in [0.29, 0.717) is 0 Å². The standard InChI is InChI=1S/2C3H9P.2ClH.Fe/c2*1-4(2)3;;;/h2*1-3H3;2*1H;. The van der Waals surface area contributed by atoms with Crippen molar-refractivity contribution in [2.75, 3.05) is 40.0 Å². The summed E-state index contributed by atoms with van der Waals surface area (Å²) in [7, 11) is 11.3. The zero-order chi connectivity index (χ0) is 9.50. The van der Waals surface area contributed by atoms with Gasteiger partial charge in [0.2, 0.25) is 0 Å². The third-order valence-corrected chi connectivity index (χ3v) is 49.4. The van der Waals surface area contributed by atoms with Crippen molar-refractivity contribution in [3.05, 3.63) is 0 Å². The zero-order valence-electron chi connectivity index (χ0n) is 8.11. The summed E-state index contributed by atoms with van der Waals surface area (Å²) in [6.45, 7) is 13.7. The first-order chi connectivity index (χ1) is 4.50. The van der Waals surface area contributed by atoms with Crippen molar-refractivity contribution in [3.8, 4) is 0 Å². The normalized spacial score (nSPS) is 19.6. The van der Waals surface area contributed by atoms with Crippen LogP contribution in [0.5, 0.6) is 0 Å². The molecule has 0 bridgehead atoms. The van der Waals surface area contributed by atoms with Gasteiger partial charge < -0.3 is 0 Å². The van der Waals surface area contributed by atoms with Gasteiger partial charge in [-0.25, -0.2) is 0 Å². The molecule has 0 aliphatic rings. The molecule has 0 aliphatic carbocycles. The zero-order valence-corrected chi connectivity index (χ0v) is 12.7. The molecule has 0 N–H and O–H groups in total. The molecule has 0 radical (unpaired) electrons. The van der Waals surface area contributed by atoms with Gasteiger partial charge in [-0.3, -0.25) is 0 Å². The van der Waals surface area contributed by atoms with Crippen LogP contribution < -0.4 is 0 Å². The Bertz CT molecular complexity index is 130. The van der Waals surface area contributed by atoms with E-state index < -0.39 is 22.0 Å². The Morgan fingerprint density at radius 2 is 0.909 bits per heavy atom. The van der Waals surface area contributed by atoms with Crippen molar-refractivity contribution in [1.29, 1.82) is 0 Å². The molecular formula is C6H20Cl2FeP2. The summed E-state index contributed by atoms with van der Waals surface area (Å²) >= 11 is 0. The first-order valence-electron chi connectivity index (χ1n) is 3.62. The third-order valence-electron chi connectivity index (χ3n) is 1.33. The van der Waals surface area contributed by atoms with Gasteiger partial charge >= 0.3 is 82.2 Å². The Hall–Kier alpha value is 1.96. The van der Waals surface area contributed by atoms with E-state index in [1.165, 1.54) is 0 Å². The molecular weight excluding hydrogens is 261 g/mol. The molecule has 11 heavy (non-hydrogen) atoms. The van der Waals surface area contributed by atoms with Gasteiger partial charge in [0.15, 0.2) is 0 Å². The van der Waals surface area contributed by atoms with Gasteiger partial charge in [0, 0.05) is 0 Å². The molecule has 0 aromatic rings. The van der Waals surface area contributed by atoms with Gasteiger partial charge in [0.05, 0.1) is 0 Å². The second-order valence-electron chi connectivity index (χ2n) is 4.47. The Morgan fingerprint density at radius 3 is 0.909 bits per heavy atom. The summed E-state index contributed by atoms with van der Waals surface area (Å²) in [6, 6.07) is 0. The number of hydrogen-bond acceptors (Lipinski definition) is 0. The summed E-state index contributed by atoms with van der Waals surface area (Å²) in [6.07, 6.45) is 0. The van der Waals surface area contributed by atoms with Crippen LogP contribution in [0.1, 0.15) is 0 Å². The summed E-state index contributed by atoms with van der Waals surface area (Å²) in [5, 5.41) is 0. The molecule has 0 amide bonds. The van der Waals surface area contributed by atoms with Crippen LogP contribution in [-0.2, 0) is 10.1 Å². The van der Waals surface area contributed by atoms with Gasteiger partial charge in [-0.1, -0.05) is 0 Å². The van der Waals surface area contributed by atoms with Crippen molar-refractivity contribution in [2.45, 2.75) is 0 Å². The van der Waals surface area contributed by atoms with E-state index >= 15 is 0 Å². The molecule has 0 fully saturated rings. The average Bonchev–Trinajstić information content (AvgIpc) is 1.58. The SMILES string of the molecule is C[PH](C)(C)[Fe]([Cl])([Cl])[PH](C)(C)C. The van der Waals surface area contributed by atoms with Crippen molar-refractivity contribution in [3.63, 3.8) is 0 Å². The monoisotopic (exact) mass is 280 g/mol. The summed E-state index contributed by atoms with van der Waals surface area (Å²) in [5.41, 5.74) is 0. The number of halogens is 2. The number of rotatable bonds is 2. The van der Waals surface area contributed by atoms with Crippen molar-refractivity contribution in [1.82, 2.24) is 0 Å². The van der Waals surface area contributed by atoms with E-state index in [0.717, 1.165) is 0 Å². The molecule has 0 saturated heterocycles. The molecule has 0 aromatic heterocycles. The van der Waals surface area contributed by atoms with Crippen LogP contribution in [0.4, 0.5) is 0 Å². The maximum absolute atomic E-state index is 6.50. The van der Waals surface area contributed by atoms with Crippen molar-refractivity contribution < 1.29 is 10.1 Å². The van der Waals surface area contributed by atoms with E-state index in [4.69, 9.17) is 20.2 Å². The fourth-order valence-electron chi connectivity index (χ4n) is 0.795. The van der Waals surface area contributed by atoms with E-state index in [2.05, 4.69) is 40.0 Å². The molecule has 76 valence electrons. The quantitative estimate of drug-likeness (QED) is 0.536. The molecule has 0 nitrogen and oxygen atoms in total. The molecule has 0 unspecified atom stereocenters. The predicted molar refractivity (Wildman–Crippen MR) is 63.9 cm³/mol. The Balaban J connectivity index is 4.75. The van der Waals surface area contributed by atoms with Gasteiger partial charge in [-0.05, 0) is 0 Å². The van der Waals surface area contributed by atoms with Gasteiger partial charge in [0.1, 0.15) is 0 Å². The molecule has 0 aromatic carbocycles. The van der Waals surface area contributed by atoms with Crippen LogP contribution in [-0.4, -0.2) is 40.0 Å². The molecule has 0 aliphatic heterocycles. The average molecular weight is 281 g/mol. The number of hydrogen-bond donors (Lipinski definition) is 0. The molecule has 5 heteroatoms. The summed E-state index contributed by atoms with van der Waals surface area (Å²) in [5.74, 6) is -2.61. The van der Waals surface area contributed by atoms with Gasteiger partial charge in [0.25, 0.3) is 0 Å². The molecule has 0 spiro atoms. The van der Waals surface area contributed by atoms with Crippen LogP contribution in [0.2, 0.25) is 0 Å². The topological polar surface area (TPSA) is 0 Å². The second kappa shape index (κ2) is 3.61. The fraction of sp³-hybridized carbons (Fsp3) is 1.00. The molecule has 0 rings (SSSR count). The van der Waals surface area contributed by atoms with Crippen molar-refractivity contribution in [2.24, 2.45) is 0 Å². The van der Waals surface area contributed by atoms with Crippen LogP contribution in [0.25, 0.3) is 0 Å². The minimum atomic E-state index is -1.74. The second-order valence-corrected chi connectivity index (χ2v) is 37.2. The van der Waals surface area contributed by atoms with E-state index in [1.807, 2.05) is 0 Å². The van der Waals surface area contributed by atoms with Crippen LogP contribution in [0.15, 0.2) is 0 Å². The van der Waals surface area contributed by atoms with E-state index in [9.17, 15) is 0 Å². The Morgan fingerprint density at radius 1 is 0.727 bits per heavy atom. The van der Waals surface area contributed by atoms with Gasteiger partial charge in [-0.15, -0.1) is 0 Å². The fourth-order valence-corrected chi connectivity index (χ4v) is 29.5. The first kappa shape index (κ1) is 13.0. The first-order valence-corrected chi connectivity index (χ1v) is 16.7. The Labute approximate surface area is 82.0 Å².